The van der Waals surface area contributed by atoms with Gasteiger partial charge in [-0.2, -0.15) is 0 Å². The number of carbonyl (C=O) groups excluding carboxylic acids is 1. The van der Waals surface area contributed by atoms with Gasteiger partial charge in [0.2, 0.25) is 0 Å². The lowest BCUT2D eigenvalue weighted by atomic mass is 10.2. The Bertz CT molecular complexity index is 229. The minimum absolute atomic E-state index is 0.0729. The summed E-state index contributed by atoms with van der Waals surface area (Å²) in [4.78, 5) is 13.9. The third-order valence-corrected chi connectivity index (χ3v) is 2.88. The van der Waals surface area contributed by atoms with Gasteiger partial charge >= 0.3 is 0 Å². The van der Waals surface area contributed by atoms with E-state index in [4.69, 9.17) is 9.47 Å². The van der Waals surface area contributed by atoms with Gasteiger partial charge in [-0.3, -0.25) is 4.79 Å². The zero-order valence-corrected chi connectivity index (χ0v) is 9.07. The molecule has 0 saturated carbocycles. The molecular weight excluding hydrogens is 196 g/mol. The van der Waals surface area contributed by atoms with E-state index in [9.17, 15) is 4.79 Å². The first-order valence-corrected chi connectivity index (χ1v) is 5.49. The topological polar surface area (TPSA) is 50.8 Å². The zero-order chi connectivity index (χ0) is 10.7. The van der Waals surface area contributed by atoms with Crippen LogP contribution < -0.4 is 5.32 Å². The van der Waals surface area contributed by atoms with Gasteiger partial charge in [0.1, 0.15) is 0 Å². The van der Waals surface area contributed by atoms with E-state index in [-0.39, 0.29) is 18.1 Å². The molecule has 0 bridgehead atoms. The van der Waals surface area contributed by atoms with Crippen LogP contribution in [-0.2, 0) is 14.3 Å². The molecule has 2 atom stereocenters. The number of nitrogens with zero attached hydrogens (tertiary/aromatic N) is 1. The van der Waals surface area contributed by atoms with Gasteiger partial charge in [0.25, 0.3) is 5.91 Å². The fraction of sp³-hybridized carbons (Fsp3) is 0.900. The number of hydrogen-bond acceptors (Lipinski definition) is 4. The van der Waals surface area contributed by atoms with E-state index in [0.717, 1.165) is 19.6 Å². The summed E-state index contributed by atoms with van der Waals surface area (Å²) < 4.78 is 10.6. The summed E-state index contributed by atoms with van der Waals surface area (Å²) in [6.07, 6.45) is -0.390. The van der Waals surface area contributed by atoms with E-state index in [2.05, 4.69) is 5.32 Å². The molecule has 0 aromatic carbocycles. The first-order chi connectivity index (χ1) is 7.29. The number of hydrogen-bond donors (Lipinski definition) is 1. The van der Waals surface area contributed by atoms with Crippen LogP contribution in [0.1, 0.15) is 6.92 Å². The molecule has 2 aliphatic heterocycles. The summed E-state index contributed by atoms with van der Waals surface area (Å²) in [6.45, 7) is 6.06. The van der Waals surface area contributed by atoms with Gasteiger partial charge in [0, 0.05) is 25.7 Å². The predicted octanol–water partition coefficient (Wildman–Crippen LogP) is -0.778. The molecule has 0 aromatic rings. The van der Waals surface area contributed by atoms with Crippen molar-refractivity contribution in [2.75, 3.05) is 39.5 Å². The highest BCUT2D eigenvalue weighted by molar-refractivity contribution is 5.81. The fourth-order valence-corrected chi connectivity index (χ4v) is 1.98. The molecule has 0 radical (unpaired) electrons. The standard InChI is InChI=1S/C10H18N2O3/c1-8-6-11-2-3-12(8)10(13)9-7-14-4-5-15-9/h8-9,11H,2-7H2,1H3/t8-,9?/m0/s1. The molecule has 0 aromatic heterocycles. The summed E-state index contributed by atoms with van der Waals surface area (Å²) >= 11 is 0. The summed E-state index contributed by atoms with van der Waals surface area (Å²) in [5.74, 6) is 0.0729. The number of amides is 1. The van der Waals surface area contributed by atoms with Crippen LogP contribution in [0, 0.1) is 0 Å². The molecule has 86 valence electrons. The molecule has 1 amide bonds. The van der Waals surface area contributed by atoms with Crippen LogP contribution in [0.25, 0.3) is 0 Å². The lowest BCUT2D eigenvalue weighted by molar-refractivity contribution is -0.160. The maximum absolute atomic E-state index is 12.1. The van der Waals surface area contributed by atoms with Crippen molar-refractivity contribution in [3.8, 4) is 0 Å². The van der Waals surface area contributed by atoms with Crippen molar-refractivity contribution >= 4 is 5.91 Å². The summed E-state index contributed by atoms with van der Waals surface area (Å²) in [5, 5.41) is 3.26. The highest BCUT2D eigenvalue weighted by Gasteiger charge is 2.31. The highest BCUT2D eigenvalue weighted by Crippen LogP contribution is 2.10. The average molecular weight is 214 g/mol. The van der Waals surface area contributed by atoms with Gasteiger partial charge in [-0.25, -0.2) is 0 Å². The Labute approximate surface area is 89.7 Å². The normalized spacial score (nSPS) is 32.7. The third-order valence-electron chi connectivity index (χ3n) is 2.88. The first-order valence-electron chi connectivity index (χ1n) is 5.49. The van der Waals surface area contributed by atoms with Crippen molar-refractivity contribution in [2.24, 2.45) is 0 Å². The van der Waals surface area contributed by atoms with Gasteiger partial charge in [0.05, 0.1) is 19.8 Å². The maximum atomic E-state index is 12.1. The number of carbonyl (C=O) groups is 1. The van der Waals surface area contributed by atoms with Crippen LogP contribution in [0.2, 0.25) is 0 Å². The van der Waals surface area contributed by atoms with Gasteiger partial charge in [0.15, 0.2) is 6.10 Å². The number of ether oxygens (including phenoxy) is 2. The monoisotopic (exact) mass is 214 g/mol. The fourth-order valence-electron chi connectivity index (χ4n) is 1.98. The SMILES string of the molecule is C[C@H]1CNCCN1C(=O)C1COCCO1. The molecule has 2 saturated heterocycles. The summed E-state index contributed by atoms with van der Waals surface area (Å²) in [6, 6.07) is 0.247. The Morgan fingerprint density at radius 3 is 3.00 bits per heavy atom. The predicted molar refractivity (Wildman–Crippen MR) is 54.6 cm³/mol. The van der Waals surface area contributed by atoms with E-state index in [1.54, 1.807) is 0 Å². The van der Waals surface area contributed by atoms with Gasteiger partial charge in [-0.15, -0.1) is 0 Å². The molecule has 2 fully saturated rings. The Morgan fingerprint density at radius 2 is 2.33 bits per heavy atom. The third kappa shape index (κ3) is 2.48. The Hall–Kier alpha value is -0.650. The van der Waals surface area contributed by atoms with Crippen molar-refractivity contribution in [3.05, 3.63) is 0 Å². The summed E-state index contributed by atoms with van der Waals surface area (Å²) in [5.41, 5.74) is 0. The quantitative estimate of drug-likeness (QED) is 0.622. The molecule has 1 unspecified atom stereocenters. The number of rotatable bonds is 1. The van der Waals surface area contributed by atoms with Gasteiger partial charge in [-0.05, 0) is 6.92 Å². The largest absolute Gasteiger partial charge is 0.376 e. The second-order valence-corrected chi connectivity index (χ2v) is 4.02. The van der Waals surface area contributed by atoms with Crippen molar-refractivity contribution in [3.63, 3.8) is 0 Å². The highest BCUT2D eigenvalue weighted by atomic mass is 16.6. The van der Waals surface area contributed by atoms with Crippen LogP contribution >= 0.6 is 0 Å². The smallest absolute Gasteiger partial charge is 0.254 e. The lowest BCUT2D eigenvalue weighted by Crippen LogP contribution is -2.56. The first kappa shape index (κ1) is 10.9. The molecular formula is C10H18N2O3. The maximum Gasteiger partial charge on any atom is 0.254 e. The van der Waals surface area contributed by atoms with Crippen LogP contribution in [0.3, 0.4) is 0 Å². The molecule has 5 nitrogen and oxygen atoms in total. The van der Waals surface area contributed by atoms with Crippen LogP contribution in [-0.4, -0.2) is 62.4 Å². The van der Waals surface area contributed by atoms with Crippen molar-refractivity contribution in [1.82, 2.24) is 10.2 Å². The molecule has 5 heteroatoms. The minimum atomic E-state index is -0.390. The van der Waals surface area contributed by atoms with E-state index in [0.29, 0.717) is 19.8 Å². The number of nitrogens with one attached hydrogen (secondary N) is 1. The van der Waals surface area contributed by atoms with Crippen LogP contribution in [0.5, 0.6) is 0 Å². The molecule has 0 aliphatic carbocycles. The average Bonchev–Trinajstić information content (AvgIpc) is 2.30. The van der Waals surface area contributed by atoms with E-state index < -0.39 is 0 Å². The van der Waals surface area contributed by atoms with E-state index >= 15 is 0 Å². The van der Waals surface area contributed by atoms with Crippen molar-refractivity contribution in [2.45, 2.75) is 19.1 Å². The van der Waals surface area contributed by atoms with Crippen molar-refractivity contribution < 1.29 is 14.3 Å². The summed E-state index contributed by atoms with van der Waals surface area (Å²) in [7, 11) is 0. The molecule has 15 heavy (non-hydrogen) atoms. The van der Waals surface area contributed by atoms with E-state index in [1.165, 1.54) is 0 Å². The van der Waals surface area contributed by atoms with Gasteiger partial charge < -0.3 is 19.7 Å². The molecule has 2 aliphatic rings. The Kier molecular flexibility index (Phi) is 3.56. The molecule has 2 rings (SSSR count). The van der Waals surface area contributed by atoms with E-state index in [1.807, 2.05) is 11.8 Å². The second kappa shape index (κ2) is 4.92. The van der Waals surface area contributed by atoms with Crippen LogP contribution in [0.15, 0.2) is 0 Å². The number of piperazine rings is 1. The Balaban J connectivity index is 1.92. The minimum Gasteiger partial charge on any atom is -0.376 e. The molecule has 2 heterocycles. The van der Waals surface area contributed by atoms with Crippen LogP contribution in [0.4, 0.5) is 0 Å². The second-order valence-electron chi connectivity index (χ2n) is 4.02. The van der Waals surface area contributed by atoms with Crippen molar-refractivity contribution in [1.29, 1.82) is 0 Å². The lowest BCUT2D eigenvalue weighted by Gasteiger charge is -2.36. The Morgan fingerprint density at radius 1 is 1.47 bits per heavy atom. The molecule has 0 spiro atoms. The molecule has 1 N–H and O–H groups in total. The zero-order valence-electron chi connectivity index (χ0n) is 9.07. The van der Waals surface area contributed by atoms with Gasteiger partial charge in [-0.1, -0.05) is 0 Å².